The molecule has 0 saturated heterocycles. The van der Waals surface area contributed by atoms with E-state index < -0.39 is 15.8 Å². The number of nitrogens with one attached hydrogen (secondary N) is 1. The fourth-order valence-electron chi connectivity index (χ4n) is 1.20. The van der Waals surface area contributed by atoms with Crippen LogP contribution in [0.15, 0.2) is 18.2 Å². The van der Waals surface area contributed by atoms with E-state index in [0.29, 0.717) is 5.56 Å². The Labute approximate surface area is 101 Å². The van der Waals surface area contributed by atoms with Crippen molar-refractivity contribution in [2.75, 3.05) is 6.26 Å². The van der Waals surface area contributed by atoms with Crippen LogP contribution in [0, 0.1) is 5.82 Å². The number of thiol groups is 1. The molecule has 0 aliphatic heterocycles. The molecule has 0 amide bonds. The lowest BCUT2D eigenvalue weighted by molar-refractivity contribution is 0.579. The van der Waals surface area contributed by atoms with Crippen molar-refractivity contribution in [3.8, 4) is 0 Å². The topological polar surface area (TPSA) is 46.2 Å². The zero-order valence-corrected chi connectivity index (χ0v) is 10.8. The number of sulfonamides is 1. The fraction of sp³-hybridized carbons (Fsp3) is 0.400. The summed E-state index contributed by atoms with van der Waals surface area (Å²) in [6.07, 6.45) is 1.04. The van der Waals surface area contributed by atoms with Gasteiger partial charge < -0.3 is 0 Å². The minimum atomic E-state index is -3.31. The molecule has 1 aromatic rings. The van der Waals surface area contributed by atoms with Gasteiger partial charge in [-0.05, 0) is 18.6 Å². The second kappa shape index (κ2) is 5.16. The Kier molecular flexibility index (Phi) is 4.35. The highest BCUT2D eigenvalue weighted by molar-refractivity contribution is 7.88. The average molecular weight is 263 g/mol. The van der Waals surface area contributed by atoms with E-state index in [0.717, 1.165) is 11.8 Å². The first-order valence-corrected chi connectivity index (χ1v) is 7.11. The molecule has 16 heavy (non-hydrogen) atoms. The van der Waals surface area contributed by atoms with Gasteiger partial charge in [0.25, 0.3) is 0 Å². The monoisotopic (exact) mass is 263 g/mol. The first-order chi connectivity index (χ1) is 7.29. The van der Waals surface area contributed by atoms with E-state index in [1.54, 1.807) is 12.1 Å². The van der Waals surface area contributed by atoms with Crippen molar-refractivity contribution in [2.45, 2.75) is 18.7 Å². The molecule has 1 rings (SSSR count). The van der Waals surface area contributed by atoms with E-state index >= 15 is 0 Å². The summed E-state index contributed by atoms with van der Waals surface area (Å²) in [6, 6.07) is 4.57. The van der Waals surface area contributed by atoms with E-state index in [4.69, 9.17) is 0 Å². The molecule has 3 nitrogen and oxygen atoms in total. The van der Waals surface area contributed by atoms with Gasteiger partial charge in [-0.1, -0.05) is 12.1 Å². The summed E-state index contributed by atoms with van der Waals surface area (Å²) in [5.41, 5.74) is 1.18. The van der Waals surface area contributed by atoms with Gasteiger partial charge in [-0.3, -0.25) is 0 Å². The number of hydrogen-bond acceptors (Lipinski definition) is 3. The summed E-state index contributed by atoms with van der Waals surface area (Å²) in [6.45, 7) is 1.82. The lowest BCUT2D eigenvalue weighted by Crippen LogP contribution is -2.21. The van der Waals surface area contributed by atoms with Crippen LogP contribution in [0.4, 0.5) is 4.39 Å². The van der Waals surface area contributed by atoms with Crippen LogP contribution in [-0.4, -0.2) is 14.7 Å². The van der Waals surface area contributed by atoms with Gasteiger partial charge in [0.2, 0.25) is 10.0 Å². The Bertz CT molecular complexity index is 472. The third-order valence-electron chi connectivity index (χ3n) is 2.08. The Morgan fingerprint density at radius 1 is 1.50 bits per heavy atom. The summed E-state index contributed by atoms with van der Waals surface area (Å²) >= 11 is 4.23. The van der Waals surface area contributed by atoms with Gasteiger partial charge in [0.1, 0.15) is 5.82 Å². The lowest BCUT2D eigenvalue weighted by atomic mass is 10.1. The molecule has 1 unspecified atom stereocenters. The Morgan fingerprint density at radius 2 is 2.12 bits per heavy atom. The summed E-state index contributed by atoms with van der Waals surface area (Å²) in [4.78, 5) is 0. The smallest absolute Gasteiger partial charge is 0.209 e. The zero-order chi connectivity index (χ0) is 12.3. The first-order valence-electron chi connectivity index (χ1n) is 4.70. The molecule has 0 aliphatic carbocycles. The molecule has 0 heterocycles. The van der Waals surface area contributed by atoms with E-state index in [9.17, 15) is 12.8 Å². The molecule has 0 aliphatic rings. The molecular weight excluding hydrogens is 249 g/mol. The van der Waals surface area contributed by atoms with Gasteiger partial charge in [0.15, 0.2) is 0 Å². The van der Waals surface area contributed by atoms with Gasteiger partial charge in [0, 0.05) is 17.4 Å². The third kappa shape index (κ3) is 4.11. The fourth-order valence-corrected chi connectivity index (χ4v) is 1.78. The Hall–Kier alpha value is -0.590. The molecule has 0 bridgehead atoms. The van der Waals surface area contributed by atoms with Crippen LogP contribution in [0.3, 0.4) is 0 Å². The van der Waals surface area contributed by atoms with Crippen molar-refractivity contribution in [1.82, 2.24) is 4.72 Å². The molecule has 0 fully saturated rings. The lowest BCUT2D eigenvalue weighted by Gasteiger charge is -2.09. The summed E-state index contributed by atoms with van der Waals surface area (Å²) in [7, 11) is -3.31. The molecule has 6 heteroatoms. The molecule has 1 N–H and O–H groups in total. The maximum absolute atomic E-state index is 13.3. The van der Waals surface area contributed by atoms with Crippen molar-refractivity contribution in [1.29, 1.82) is 0 Å². The number of hydrogen-bond donors (Lipinski definition) is 2. The molecule has 90 valence electrons. The Morgan fingerprint density at radius 3 is 2.62 bits per heavy atom. The van der Waals surface area contributed by atoms with Gasteiger partial charge >= 0.3 is 0 Å². The van der Waals surface area contributed by atoms with Gasteiger partial charge in [0.05, 0.1) is 6.26 Å². The number of benzene rings is 1. The molecule has 1 atom stereocenters. The van der Waals surface area contributed by atoms with Crippen molar-refractivity contribution in [3.05, 3.63) is 35.1 Å². The van der Waals surface area contributed by atoms with Crippen molar-refractivity contribution < 1.29 is 12.8 Å². The van der Waals surface area contributed by atoms with Crippen LogP contribution in [-0.2, 0) is 16.6 Å². The number of halogens is 1. The van der Waals surface area contributed by atoms with Crippen LogP contribution in [0.5, 0.6) is 0 Å². The second-order valence-corrected chi connectivity index (χ2v) is 6.23. The molecule has 0 spiro atoms. The van der Waals surface area contributed by atoms with E-state index in [2.05, 4.69) is 17.4 Å². The van der Waals surface area contributed by atoms with E-state index in [1.807, 2.05) is 6.92 Å². The quantitative estimate of drug-likeness (QED) is 0.815. The van der Waals surface area contributed by atoms with Gasteiger partial charge in [-0.2, -0.15) is 12.6 Å². The van der Waals surface area contributed by atoms with E-state index in [-0.39, 0.29) is 11.8 Å². The second-order valence-electron chi connectivity index (χ2n) is 3.62. The first kappa shape index (κ1) is 13.5. The highest BCUT2D eigenvalue weighted by Gasteiger charge is 2.08. The highest BCUT2D eigenvalue weighted by atomic mass is 32.2. The Balaban J connectivity index is 2.90. The number of rotatable bonds is 4. The van der Waals surface area contributed by atoms with Crippen LogP contribution in [0.25, 0.3) is 0 Å². The summed E-state index contributed by atoms with van der Waals surface area (Å²) < 4.78 is 37.4. The van der Waals surface area contributed by atoms with E-state index in [1.165, 1.54) is 6.07 Å². The predicted molar refractivity (Wildman–Crippen MR) is 65.5 cm³/mol. The molecule has 0 saturated carbocycles. The molecule has 0 aromatic heterocycles. The molecule has 1 aromatic carbocycles. The standard InChI is InChI=1S/C10H14FNO2S2/c1-7(15)8-3-4-10(11)9(5-8)6-12-16(2,13)14/h3-5,7,12,15H,6H2,1-2H3. The largest absolute Gasteiger partial charge is 0.213 e. The molecule has 0 radical (unpaired) electrons. The minimum absolute atomic E-state index is 0.0161. The maximum atomic E-state index is 13.3. The molecular formula is C10H14FNO2S2. The highest BCUT2D eigenvalue weighted by Crippen LogP contribution is 2.21. The van der Waals surface area contributed by atoms with Crippen LogP contribution >= 0.6 is 12.6 Å². The SMILES string of the molecule is CC(S)c1ccc(F)c(CNS(C)(=O)=O)c1. The van der Waals surface area contributed by atoms with Crippen molar-refractivity contribution in [3.63, 3.8) is 0 Å². The summed E-state index contributed by atoms with van der Waals surface area (Å²) in [5, 5.41) is -0.0161. The average Bonchev–Trinajstić information content (AvgIpc) is 2.14. The minimum Gasteiger partial charge on any atom is -0.213 e. The van der Waals surface area contributed by atoms with Gasteiger partial charge in [-0.25, -0.2) is 17.5 Å². The zero-order valence-electron chi connectivity index (χ0n) is 9.07. The van der Waals surface area contributed by atoms with Crippen molar-refractivity contribution in [2.24, 2.45) is 0 Å². The summed E-state index contributed by atoms with van der Waals surface area (Å²) in [5.74, 6) is -0.422. The van der Waals surface area contributed by atoms with Gasteiger partial charge in [-0.15, -0.1) is 0 Å². The van der Waals surface area contributed by atoms with Crippen LogP contribution in [0.2, 0.25) is 0 Å². The van der Waals surface area contributed by atoms with Crippen molar-refractivity contribution >= 4 is 22.7 Å². The maximum Gasteiger partial charge on any atom is 0.209 e. The normalized spacial score (nSPS) is 13.8. The van der Waals surface area contributed by atoms with Crippen LogP contribution < -0.4 is 4.72 Å². The third-order valence-corrected chi connectivity index (χ3v) is 3.04. The predicted octanol–water partition coefficient (Wildman–Crippen LogP) is 1.87. The van der Waals surface area contributed by atoms with Crippen LogP contribution in [0.1, 0.15) is 23.3 Å².